The van der Waals surface area contributed by atoms with Gasteiger partial charge in [-0.3, -0.25) is 4.98 Å². The van der Waals surface area contributed by atoms with Crippen molar-refractivity contribution in [2.24, 2.45) is 5.73 Å². The van der Waals surface area contributed by atoms with Gasteiger partial charge in [0, 0.05) is 18.3 Å². The molecule has 5 heteroatoms. The molecule has 0 aliphatic carbocycles. The Hall–Kier alpha value is -2.01. The van der Waals surface area contributed by atoms with E-state index in [0.717, 1.165) is 5.69 Å². The lowest BCUT2D eigenvalue weighted by Gasteiger charge is -2.10. The summed E-state index contributed by atoms with van der Waals surface area (Å²) < 4.78 is 18.7. The van der Waals surface area contributed by atoms with Crippen LogP contribution < -0.4 is 10.5 Å². The highest BCUT2D eigenvalue weighted by Gasteiger charge is 2.08. The van der Waals surface area contributed by atoms with Gasteiger partial charge in [-0.25, -0.2) is 4.39 Å². The van der Waals surface area contributed by atoms with E-state index in [4.69, 9.17) is 22.7 Å². The van der Waals surface area contributed by atoms with Crippen LogP contribution in [0.25, 0.3) is 0 Å². The lowest BCUT2D eigenvalue weighted by Crippen LogP contribution is -2.13. The number of halogens is 1. The Kier molecular flexibility index (Phi) is 4.41. The Morgan fingerprint density at radius 1 is 1.32 bits per heavy atom. The predicted octanol–water partition coefficient (Wildman–Crippen LogP) is 2.48. The number of pyridine rings is 1. The van der Waals surface area contributed by atoms with Gasteiger partial charge in [-0.2, -0.15) is 0 Å². The lowest BCUT2D eigenvalue weighted by molar-refractivity contribution is 0.319. The molecule has 0 unspecified atom stereocenters. The number of hydrogen-bond donors (Lipinski definition) is 1. The van der Waals surface area contributed by atoms with Gasteiger partial charge in [-0.05, 0) is 30.3 Å². The molecule has 0 amide bonds. The van der Waals surface area contributed by atoms with E-state index in [1.54, 1.807) is 6.20 Å². The topological polar surface area (TPSA) is 48.1 Å². The molecule has 0 spiro atoms. The monoisotopic (exact) mass is 276 g/mol. The molecule has 0 bridgehead atoms. The molecule has 19 heavy (non-hydrogen) atoms. The van der Waals surface area contributed by atoms with Crippen LogP contribution in [0.2, 0.25) is 0 Å². The number of nitrogens with two attached hydrogens (primary N) is 1. The molecule has 0 atom stereocenters. The molecule has 2 rings (SSSR count). The molecule has 0 radical (unpaired) electrons. The van der Waals surface area contributed by atoms with Crippen LogP contribution in [0.15, 0.2) is 42.6 Å². The number of rotatable bonds is 5. The summed E-state index contributed by atoms with van der Waals surface area (Å²) in [6, 6.07) is 9.82. The standard InChI is InChI=1S/C14H13FN2OS/c15-10-4-5-13(12(9-10)14(16)19)18-8-6-11-3-1-2-7-17-11/h1-5,7,9H,6,8H2,(H2,16,19). The largest absolute Gasteiger partial charge is 0.492 e. The second kappa shape index (κ2) is 6.24. The summed E-state index contributed by atoms with van der Waals surface area (Å²) >= 11 is 4.87. The summed E-state index contributed by atoms with van der Waals surface area (Å²) in [6.07, 6.45) is 2.39. The summed E-state index contributed by atoms with van der Waals surface area (Å²) in [5.74, 6) is 0.102. The zero-order valence-electron chi connectivity index (χ0n) is 10.2. The molecule has 0 saturated carbocycles. The van der Waals surface area contributed by atoms with E-state index in [1.807, 2.05) is 18.2 Å². The van der Waals surface area contributed by atoms with Crippen LogP contribution in [0.4, 0.5) is 4.39 Å². The van der Waals surface area contributed by atoms with Crippen molar-refractivity contribution >= 4 is 17.2 Å². The van der Waals surface area contributed by atoms with Gasteiger partial charge >= 0.3 is 0 Å². The van der Waals surface area contributed by atoms with Crippen molar-refractivity contribution in [3.05, 3.63) is 59.7 Å². The van der Waals surface area contributed by atoms with E-state index in [-0.39, 0.29) is 10.8 Å². The maximum absolute atomic E-state index is 13.1. The molecule has 1 heterocycles. The molecular weight excluding hydrogens is 263 g/mol. The van der Waals surface area contributed by atoms with Crippen molar-refractivity contribution in [1.82, 2.24) is 4.98 Å². The van der Waals surface area contributed by atoms with Gasteiger partial charge < -0.3 is 10.5 Å². The summed E-state index contributed by atoms with van der Waals surface area (Å²) in [5, 5.41) is 0. The van der Waals surface area contributed by atoms with Crippen molar-refractivity contribution in [2.75, 3.05) is 6.61 Å². The molecule has 0 fully saturated rings. The van der Waals surface area contributed by atoms with Crippen LogP contribution in [0.3, 0.4) is 0 Å². The van der Waals surface area contributed by atoms with E-state index in [1.165, 1.54) is 18.2 Å². The van der Waals surface area contributed by atoms with Gasteiger partial charge in [0.05, 0.1) is 12.2 Å². The van der Waals surface area contributed by atoms with Gasteiger partial charge in [0.25, 0.3) is 0 Å². The third-order valence-electron chi connectivity index (χ3n) is 2.55. The minimum Gasteiger partial charge on any atom is -0.492 e. The van der Waals surface area contributed by atoms with Gasteiger partial charge in [0.1, 0.15) is 16.6 Å². The molecule has 3 nitrogen and oxygen atoms in total. The summed E-state index contributed by atoms with van der Waals surface area (Å²) in [6.45, 7) is 0.429. The van der Waals surface area contributed by atoms with Crippen LogP contribution in [-0.4, -0.2) is 16.6 Å². The van der Waals surface area contributed by atoms with Crippen LogP contribution in [0.1, 0.15) is 11.3 Å². The highest BCUT2D eigenvalue weighted by molar-refractivity contribution is 7.80. The first kappa shape index (κ1) is 13.4. The van der Waals surface area contributed by atoms with E-state index in [2.05, 4.69) is 4.98 Å². The normalized spacial score (nSPS) is 10.2. The van der Waals surface area contributed by atoms with Gasteiger partial charge in [-0.1, -0.05) is 18.3 Å². The van der Waals surface area contributed by atoms with Crippen molar-refractivity contribution in [3.8, 4) is 5.75 Å². The van der Waals surface area contributed by atoms with Gasteiger partial charge in [0.15, 0.2) is 0 Å². The second-order valence-electron chi connectivity index (χ2n) is 3.92. The SMILES string of the molecule is NC(=S)c1cc(F)ccc1OCCc1ccccn1. The van der Waals surface area contributed by atoms with Crippen molar-refractivity contribution in [2.45, 2.75) is 6.42 Å². The van der Waals surface area contributed by atoms with Crippen molar-refractivity contribution in [1.29, 1.82) is 0 Å². The first-order chi connectivity index (χ1) is 9.16. The van der Waals surface area contributed by atoms with Crippen molar-refractivity contribution < 1.29 is 9.13 Å². The van der Waals surface area contributed by atoms with E-state index >= 15 is 0 Å². The summed E-state index contributed by atoms with van der Waals surface area (Å²) in [7, 11) is 0. The number of nitrogens with zero attached hydrogens (tertiary/aromatic N) is 1. The fourth-order valence-electron chi connectivity index (χ4n) is 1.63. The quantitative estimate of drug-likeness (QED) is 0.852. The first-order valence-electron chi connectivity index (χ1n) is 5.79. The van der Waals surface area contributed by atoms with Gasteiger partial charge in [-0.15, -0.1) is 0 Å². The number of benzene rings is 1. The molecule has 2 N–H and O–H groups in total. The fourth-order valence-corrected chi connectivity index (χ4v) is 1.79. The van der Waals surface area contributed by atoms with E-state index < -0.39 is 0 Å². The first-order valence-corrected chi connectivity index (χ1v) is 6.19. The van der Waals surface area contributed by atoms with E-state index in [9.17, 15) is 4.39 Å². The molecule has 0 aliphatic rings. The third-order valence-corrected chi connectivity index (χ3v) is 2.77. The third kappa shape index (κ3) is 3.72. The maximum Gasteiger partial charge on any atom is 0.129 e. The minimum absolute atomic E-state index is 0.118. The zero-order chi connectivity index (χ0) is 13.7. The van der Waals surface area contributed by atoms with Crippen LogP contribution >= 0.6 is 12.2 Å². The Balaban J connectivity index is 2.02. The molecule has 1 aromatic carbocycles. The second-order valence-corrected chi connectivity index (χ2v) is 4.36. The van der Waals surface area contributed by atoms with Crippen molar-refractivity contribution in [3.63, 3.8) is 0 Å². The lowest BCUT2D eigenvalue weighted by atomic mass is 10.2. The highest BCUT2D eigenvalue weighted by Crippen LogP contribution is 2.19. The highest BCUT2D eigenvalue weighted by atomic mass is 32.1. The summed E-state index contributed by atoms with van der Waals surface area (Å²) in [4.78, 5) is 4.31. The van der Waals surface area contributed by atoms with Crippen LogP contribution in [-0.2, 0) is 6.42 Å². The molecule has 98 valence electrons. The molecule has 0 saturated heterocycles. The Morgan fingerprint density at radius 3 is 2.84 bits per heavy atom. The maximum atomic E-state index is 13.1. The molecule has 1 aromatic heterocycles. The minimum atomic E-state index is -0.389. The number of aromatic nitrogens is 1. The Bertz CT molecular complexity index is 575. The van der Waals surface area contributed by atoms with Crippen LogP contribution in [0, 0.1) is 5.82 Å². The number of thiocarbonyl (C=S) groups is 1. The molecule has 0 aliphatic heterocycles. The smallest absolute Gasteiger partial charge is 0.129 e. The fraction of sp³-hybridized carbons (Fsp3) is 0.143. The van der Waals surface area contributed by atoms with Crippen LogP contribution in [0.5, 0.6) is 5.75 Å². The Labute approximate surface area is 116 Å². The Morgan fingerprint density at radius 2 is 2.16 bits per heavy atom. The zero-order valence-corrected chi connectivity index (χ0v) is 11.0. The molecule has 2 aromatic rings. The van der Waals surface area contributed by atoms with E-state index in [0.29, 0.717) is 24.3 Å². The predicted molar refractivity (Wildman–Crippen MR) is 75.7 cm³/mol. The van der Waals surface area contributed by atoms with Gasteiger partial charge in [0.2, 0.25) is 0 Å². The summed E-state index contributed by atoms with van der Waals surface area (Å²) in [5.41, 5.74) is 6.88. The average Bonchev–Trinajstić information content (AvgIpc) is 2.41. The molecular formula is C14H13FN2OS. The number of ether oxygens (including phenoxy) is 1. The number of hydrogen-bond acceptors (Lipinski definition) is 3. The average molecular weight is 276 g/mol.